The first-order valence-corrected chi connectivity index (χ1v) is 26.1. The summed E-state index contributed by atoms with van der Waals surface area (Å²) < 4.78 is 187. The number of hydrogen-bond donors (Lipinski definition) is 4. The van der Waals surface area contributed by atoms with E-state index in [0.717, 1.165) is 32.4 Å². The Labute approximate surface area is 462 Å². The molecule has 4 aromatic carbocycles. The van der Waals surface area contributed by atoms with Crippen molar-refractivity contribution in [3.63, 3.8) is 0 Å². The zero-order chi connectivity index (χ0) is 60.6. The van der Waals surface area contributed by atoms with Crippen LogP contribution in [0, 0.1) is 34.9 Å². The number of carbonyl (C=O) groups excluding carboxylic acids is 2. The number of hydrogen-bond acceptors (Lipinski definition) is 16. The molecule has 0 spiro atoms. The number of halogens is 12. The van der Waals surface area contributed by atoms with Crippen molar-refractivity contribution in [1.29, 1.82) is 0 Å². The monoisotopic (exact) mass is 1220 g/mol. The normalized spacial score (nSPS) is 15.0. The summed E-state index contributed by atoms with van der Waals surface area (Å²) in [6.07, 6.45) is -9.86. The zero-order valence-electron chi connectivity index (χ0n) is 42.6. The van der Waals surface area contributed by atoms with Crippen LogP contribution >= 0.6 is 16.5 Å². The predicted molar refractivity (Wildman–Crippen MR) is 261 cm³/mol. The van der Waals surface area contributed by atoms with Gasteiger partial charge in [0.2, 0.25) is 23.5 Å². The van der Waals surface area contributed by atoms with Crippen molar-refractivity contribution in [3.05, 3.63) is 165 Å². The van der Waals surface area contributed by atoms with E-state index in [-0.39, 0.29) is 103 Å². The Bertz CT molecular complexity index is 2940. The van der Waals surface area contributed by atoms with Gasteiger partial charge in [0.1, 0.15) is 11.6 Å². The molecule has 2 unspecified atom stereocenters. The van der Waals surface area contributed by atoms with E-state index in [0.29, 0.717) is 12.1 Å². The van der Waals surface area contributed by atoms with Crippen molar-refractivity contribution >= 4 is 28.3 Å². The van der Waals surface area contributed by atoms with Crippen LogP contribution in [0.4, 0.5) is 52.7 Å². The Morgan fingerprint density at radius 2 is 0.890 bits per heavy atom. The number of amides is 2. The molecule has 2 aromatic heterocycles. The van der Waals surface area contributed by atoms with Gasteiger partial charge in [0.05, 0.1) is 13.1 Å². The van der Waals surface area contributed by atoms with Crippen molar-refractivity contribution in [1.82, 2.24) is 50.0 Å². The van der Waals surface area contributed by atoms with E-state index in [1.54, 1.807) is 0 Å². The molecule has 0 radical (unpaired) electrons. The second-order valence-corrected chi connectivity index (χ2v) is 19.2. The molecule has 2 amide bonds. The second-order valence-electron chi connectivity index (χ2n) is 17.9. The van der Waals surface area contributed by atoms with Crippen LogP contribution in [0.15, 0.2) is 84.9 Å². The van der Waals surface area contributed by atoms with Crippen LogP contribution in [0.2, 0.25) is 0 Å². The Morgan fingerprint density at radius 1 is 0.573 bits per heavy atom. The summed E-state index contributed by atoms with van der Waals surface area (Å²) in [6.45, 7) is 3.12. The molecular formula is C48H52F12N10O10P2. The van der Waals surface area contributed by atoms with Gasteiger partial charge in [-0.3, -0.25) is 9.59 Å². The summed E-state index contributed by atoms with van der Waals surface area (Å²) in [5, 5.41) is 34.2. The minimum atomic E-state index is -4.66. The van der Waals surface area contributed by atoms with Crippen LogP contribution < -0.4 is 20.4 Å². The first-order valence-electron chi connectivity index (χ1n) is 23.9. The van der Waals surface area contributed by atoms with Crippen LogP contribution in [0.5, 0.6) is 0 Å². The van der Waals surface area contributed by atoms with E-state index in [9.17, 15) is 62.3 Å². The number of fused-ring (bicyclic) bond motifs is 2. The second kappa shape index (κ2) is 29.9. The zero-order valence-corrected chi connectivity index (χ0v) is 44.4. The Balaban J connectivity index is 0.000000371. The third kappa shape index (κ3) is 19.1. The maximum Gasteiger partial charge on any atom is 0.521 e. The first-order chi connectivity index (χ1) is 38.6. The largest absolute Gasteiger partial charge is 0.565 e. The average Bonchev–Trinajstić information content (AvgIpc) is 4.31. The molecule has 2 aliphatic heterocycles. The van der Waals surface area contributed by atoms with Gasteiger partial charge in [-0.25, -0.2) is 36.9 Å². The fourth-order valence-electron chi connectivity index (χ4n) is 8.57. The van der Waals surface area contributed by atoms with Gasteiger partial charge in [0, 0.05) is 87.5 Å². The van der Waals surface area contributed by atoms with Gasteiger partial charge in [-0.1, -0.05) is 60.7 Å². The van der Waals surface area contributed by atoms with Crippen molar-refractivity contribution in [2.24, 2.45) is 0 Å². The van der Waals surface area contributed by atoms with Crippen molar-refractivity contribution in [2.45, 2.75) is 102 Å². The molecule has 6 atom stereocenters. The van der Waals surface area contributed by atoms with Crippen LogP contribution in [0.3, 0.4) is 0 Å². The Kier molecular flexibility index (Phi) is 24.1. The number of alkyl halides is 6. The summed E-state index contributed by atoms with van der Waals surface area (Å²) >= 11 is 0. The molecule has 0 fully saturated rings. The molecule has 4 N–H and O–H groups in total. The Hall–Kier alpha value is -6.86. The van der Waals surface area contributed by atoms with Crippen molar-refractivity contribution in [3.8, 4) is 0 Å². The molecule has 0 saturated heterocycles. The lowest BCUT2D eigenvalue weighted by atomic mass is 9.99. The molecule has 0 aliphatic carbocycles. The van der Waals surface area contributed by atoms with Crippen molar-refractivity contribution < 1.29 is 104 Å². The highest BCUT2D eigenvalue weighted by Gasteiger charge is 2.41. The molecule has 4 heterocycles. The number of benzene rings is 4. The third-order valence-electron chi connectivity index (χ3n) is 12.4. The molecule has 2 aliphatic rings. The van der Waals surface area contributed by atoms with E-state index in [2.05, 4.69) is 40.4 Å². The van der Waals surface area contributed by atoms with Crippen LogP contribution in [-0.2, 0) is 79.4 Å². The summed E-state index contributed by atoms with van der Waals surface area (Å²) in [5.74, 6) is -9.94. The highest BCUT2D eigenvalue weighted by atomic mass is 31.1. The van der Waals surface area contributed by atoms with Crippen LogP contribution in [0.1, 0.15) is 87.2 Å². The standard InChI is InChI=1S/2C24H23F6N5O.2HO4P.2H2/c2*1-14(15-5-3-2-4-6-15)31-17(9-16-10-19(26)20(27)12-18(16)25)11-22(36)34-7-8-35-21(13-34)32-33-23(35)24(28,29)30;2*1-4-5(2)3;;/h2*2-6,10,12,14,17,31H,7-9,11,13H2,1H3;2*1H;2*1H/t2*14-,17-;;;;/m11..../s1. The molecular weight excluding hydrogens is 1170 g/mol. The van der Waals surface area contributed by atoms with Gasteiger partial charge in [-0.2, -0.15) is 26.3 Å². The number of rotatable bonds is 16. The molecule has 34 heteroatoms. The summed E-state index contributed by atoms with van der Waals surface area (Å²) in [7, 11) is -6.09. The van der Waals surface area contributed by atoms with Gasteiger partial charge in [-0.15, -0.1) is 20.4 Å². The number of nitrogens with zero attached hydrogens (tertiary/aromatic N) is 8. The molecule has 448 valence electrons. The lowest BCUT2D eigenvalue weighted by Gasteiger charge is -2.30. The number of nitrogens with one attached hydrogen (secondary N) is 2. The topological polar surface area (TPSA) is 265 Å². The summed E-state index contributed by atoms with van der Waals surface area (Å²) in [5.41, 5.74) is 1.58. The molecule has 20 nitrogen and oxygen atoms in total. The minimum Gasteiger partial charge on any atom is -0.565 e. The lowest BCUT2D eigenvalue weighted by molar-refractivity contribution is -0.245. The number of aromatic nitrogens is 6. The van der Waals surface area contributed by atoms with Crippen LogP contribution in [0.25, 0.3) is 0 Å². The number of carbonyl (C=O) groups is 2. The maximum atomic E-state index is 14.4. The van der Waals surface area contributed by atoms with Gasteiger partial charge >= 0.3 is 28.9 Å². The van der Waals surface area contributed by atoms with E-state index in [4.69, 9.17) is 29.4 Å². The minimum absolute atomic E-state index is 0. The van der Waals surface area contributed by atoms with E-state index < -0.39 is 99.3 Å². The van der Waals surface area contributed by atoms with E-state index in [1.807, 2.05) is 74.5 Å². The maximum absolute atomic E-state index is 14.4. The van der Waals surface area contributed by atoms with E-state index >= 15 is 0 Å². The van der Waals surface area contributed by atoms with Gasteiger partial charge in [0.25, 0.3) is 0 Å². The smallest absolute Gasteiger partial charge is 0.521 e. The third-order valence-corrected chi connectivity index (χ3v) is 12.6. The molecule has 0 saturated carbocycles. The predicted octanol–water partition coefficient (Wildman–Crippen LogP) is 8.30. The Morgan fingerprint density at radius 3 is 1.20 bits per heavy atom. The fraction of sp³-hybridized carbons (Fsp3) is 0.375. The summed E-state index contributed by atoms with van der Waals surface area (Å²) in [6, 6.07) is 19.0. The van der Waals surface area contributed by atoms with Crippen molar-refractivity contribution in [2.75, 3.05) is 13.1 Å². The van der Waals surface area contributed by atoms with Gasteiger partial charge in [0.15, 0.2) is 34.9 Å². The quantitative estimate of drug-likeness (QED) is 0.0233. The average molecular weight is 1220 g/mol. The fourth-order valence-corrected chi connectivity index (χ4v) is 8.57. The molecule has 8 rings (SSSR count). The van der Waals surface area contributed by atoms with E-state index in [1.165, 1.54) is 9.80 Å². The molecule has 82 heavy (non-hydrogen) atoms. The lowest BCUT2D eigenvalue weighted by Crippen LogP contribution is -2.43. The summed E-state index contributed by atoms with van der Waals surface area (Å²) in [4.78, 5) is 46.8. The highest BCUT2D eigenvalue weighted by molar-refractivity contribution is 7.30. The molecule has 0 bridgehead atoms. The van der Waals surface area contributed by atoms with Crippen LogP contribution in [-0.4, -0.2) is 86.8 Å². The van der Waals surface area contributed by atoms with Gasteiger partial charge in [-0.05, 0) is 70.2 Å². The SMILES string of the molecule is C[C@@H](N[C@@H](CC(=O)N1CCn2c(nnc2C(F)(F)F)C1)Cc1cc(F)c(F)cc1F)c1ccccc1.C[C@@H](N[C@@H](CC(=O)N1CCn2c(nnc2C(F)(F)F)C1)Cc1cc(F)c(F)cc1F)c1ccccc1.O=[P+]([O-])OO.O=[P+]([O-])OO.[HH].[HH]. The highest BCUT2D eigenvalue weighted by Crippen LogP contribution is 2.32. The molecule has 6 aromatic rings. The van der Waals surface area contributed by atoms with Gasteiger partial charge < -0.3 is 39.4 Å². The first kappa shape index (κ1) is 65.9.